The molecule has 0 aliphatic carbocycles. The van der Waals surface area contributed by atoms with E-state index in [1.54, 1.807) is 4.68 Å². The zero-order chi connectivity index (χ0) is 14.2. The summed E-state index contributed by atoms with van der Waals surface area (Å²) in [7, 11) is 1.97. The van der Waals surface area contributed by atoms with E-state index >= 15 is 0 Å². The Morgan fingerprint density at radius 2 is 1.68 bits per heavy atom. The molecule has 1 heterocycles. The first-order chi connectivity index (χ1) is 8.88. The van der Waals surface area contributed by atoms with Crippen LogP contribution >= 0.6 is 0 Å². The Morgan fingerprint density at radius 3 is 2.16 bits per heavy atom. The first-order valence-electron chi connectivity index (χ1n) is 6.73. The number of hydrogen-bond donors (Lipinski definition) is 0. The molecule has 0 N–H and O–H groups in total. The van der Waals surface area contributed by atoms with E-state index in [0.29, 0.717) is 6.54 Å². The summed E-state index contributed by atoms with van der Waals surface area (Å²) in [5.74, 6) is 0. The van der Waals surface area contributed by atoms with Crippen molar-refractivity contribution in [3.63, 3.8) is 0 Å². The third kappa shape index (κ3) is 2.25. The third-order valence-electron chi connectivity index (χ3n) is 3.44. The Balaban J connectivity index is 2.84. The lowest BCUT2D eigenvalue weighted by molar-refractivity contribution is 0.453. The Labute approximate surface area is 114 Å². The van der Waals surface area contributed by atoms with Crippen molar-refractivity contribution in [1.29, 1.82) is 0 Å². The largest absolute Gasteiger partial charge is 0.289 e. The molecule has 2 rings (SSSR count). The van der Waals surface area contributed by atoms with Crippen LogP contribution in [0.2, 0.25) is 0 Å². The van der Waals surface area contributed by atoms with Gasteiger partial charge in [0, 0.05) is 19.0 Å². The van der Waals surface area contributed by atoms with Crippen LogP contribution in [-0.2, 0) is 19.0 Å². The first kappa shape index (κ1) is 13.7. The molecule has 0 saturated carbocycles. The smallest absolute Gasteiger partial charge is 0.274 e. The zero-order valence-corrected chi connectivity index (χ0v) is 12.4. The van der Waals surface area contributed by atoms with E-state index in [2.05, 4.69) is 20.8 Å². The van der Waals surface area contributed by atoms with Crippen molar-refractivity contribution in [3.8, 4) is 11.1 Å². The van der Waals surface area contributed by atoms with E-state index in [1.165, 1.54) is 0 Å². The highest BCUT2D eigenvalue weighted by molar-refractivity contribution is 5.66. The van der Waals surface area contributed by atoms with Crippen LogP contribution in [0.25, 0.3) is 11.1 Å². The number of nitrogens with zero attached hydrogens (tertiary/aromatic N) is 2. The van der Waals surface area contributed by atoms with E-state index in [1.807, 2.05) is 49.0 Å². The minimum absolute atomic E-state index is 0.0699. The van der Waals surface area contributed by atoms with E-state index in [0.717, 1.165) is 16.8 Å². The van der Waals surface area contributed by atoms with Gasteiger partial charge in [0.05, 0.1) is 11.3 Å². The van der Waals surface area contributed by atoms with Gasteiger partial charge in [0.2, 0.25) is 0 Å². The van der Waals surface area contributed by atoms with Gasteiger partial charge >= 0.3 is 0 Å². The summed E-state index contributed by atoms with van der Waals surface area (Å²) in [5, 5.41) is 0. The standard InChI is InChI=1S/C16H22N2O/c1-6-18-15(19)13(12-10-8-7-9-11-12)14(17(18)5)16(2,3)4/h7-11H,6H2,1-5H3. The fourth-order valence-corrected chi connectivity index (χ4v) is 2.73. The van der Waals surface area contributed by atoms with Gasteiger partial charge in [0.25, 0.3) is 5.56 Å². The van der Waals surface area contributed by atoms with Crippen LogP contribution in [0.15, 0.2) is 35.1 Å². The second kappa shape index (κ2) is 4.72. The number of benzene rings is 1. The zero-order valence-electron chi connectivity index (χ0n) is 12.4. The lowest BCUT2D eigenvalue weighted by Crippen LogP contribution is -2.22. The highest BCUT2D eigenvalue weighted by atomic mass is 16.1. The molecule has 1 aromatic carbocycles. The number of rotatable bonds is 2. The van der Waals surface area contributed by atoms with Crippen LogP contribution in [0.1, 0.15) is 33.4 Å². The predicted molar refractivity (Wildman–Crippen MR) is 79.5 cm³/mol. The predicted octanol–water partition coefficient (Wildman–Crippen LogP) is 3.17. The monoisotopic (exact) mass is 258 g/mol. The number of aromatic nitrogens is 2. The summed E-state index contributed by atoms with van der Waals surface area (Å²) in [4.78, 5) is 12.6. The van der Waals surface area contributed by atoms with Crippen LogP contribution in [0.5, 0.6) is 0 Å². The van der Waals surface area contributed by atoms with Gasteiger partial charge in [-0.25, -0.2) is 0 Å². The van der Waals surface area contributed by atoms with Crippen molar-refractivity contribution in [2.45, 2.75) is 39.7 Å². The molecule has 19 heavy (non-hydrogen) atoms. The Bertz CT molecular complexity index is 627. The molecule has 0 spiro atoms. The average molecular weight is 258 g/mol. The summed E-state index contributed by atoms with van der Waals surface area (Å²) in [6.45, 7) is 9.13. The first-order valence-corrected chi connectivity index (χ1v) is 6.73. The Kier molecular flexibility index (Phi) is 3.40. The van der Waals surface area contributed by atoms with Gasteiger partial charge < -0.3 is 0 Å². The van der Waals surface area contributed by atoms with Crippen molar-refractivity contribution >= 4 is 0 Å². The van der Waals surface area contributed by atoms with Crippen molar-refractivity contribution in [2.75, 3.05) is 0 Å². The van der Waals surface area contributed by atoms with E-state index < -0.39 is 0 Å². The minimum Gasteiger partial charge on any atom is -0.289 e. The van der Waals surface area contributed by atoms with Gasteiger partial charge in [-0.2, -0.15) is 0 Å². The van der Waals surface area contributed by atoms with Crippen molar-refractivity contribution in [3.05, 3.63) is 46.4 Å². The van der Waals surface area contributed by atoms with Gasteiger partial charge in [-0.15, -0.1) is 0 Å². The molecule has 0 aliphatic rings. The second-order valence-corrected chi connectivity index (χ2v) is 5.88. The molecule has 0 unspecified atom stereocenters. The molecule has 1 aromatic heterocycles. The fourth-order valence-electron chi connectivity index (χ4n) is 2.73. The Hall–Kier alpha value is -1.77. The van der Waals surface area contributed by atoms with Gasteiger partial charge in [-0.1, -0.05) is 51.1 Å². The highest BCUT2D eigenvalue weighted by Gasteiger charge is 2.27. The molecular weight excluding hydrogens is 236 g/mol. The van der Waals surface area contributed by atoms with Gasteiger partial charge in [0.15, 0.2) is 0 Å². The van der Waals surface area contributed by atoms with E-state index in [-0.39, 0.29) is 11.0 Å². The molecular formula is C16H22N2O. The van der Waals surface area contributed by atoms with Gasteiger partial charge in [0.1, 0.15) is 0 Å². The summed E-state index contributed by atoms with van der Waals surface area (Å²) in [6, 6.07) is 9.94. The fraction of sp³-hybridized carbons (Fsp3) is 0.438. The van der Waals surface area contributed by atoms with Crippen LogP contribution in [0, 0.1) is 0 Å². The topological polar surface area (TPSA) is 26.9 Å². The number of hydrogen-bond acceptors (Lipinski definition) is 1. The molecule has 0 atom stereocenters. The van der Waals surface area contributed by atoms with Crippen LogP contribution in [0.3, 0.4) is 0 Å². The average Bonchev–Trinajstić information content (AvgIpc) is 2.61. The van der Waals surface area contributed by atoms with Crippen molar-refractivity contribution in [1.82, 2.24) is 9.36 Å². The lowest BCUT2D eigenvalue weighted by Gasteiger charge is -2.22. The molecule has 0 aliphatic heterocycles. The molecule has 0 fully saturated rings. The maximum Gasteiger partial charge on any atom is 0.274 e. The molecule has 0 saturated heterocycles. The van der Waals surface area contributed by atoms with Crippen LogP contribution in [0.4, 0.5) is 0 Å². The molecule has 0 radical (unpaired) electrons. The summed E-state index contributed by atoms with van der Waals surface area (Å²) >= 11 is 0. The molecule has 2 aromatic rings. The van der Waals surface area contributed by atoms with E-state index in [9.17, 15) is 4.79 Å². The van der Waals surface area contributed by atoms with Crippen molar-refractivity contribution < 1.29 is 0 Å². The third-order valence-corrected chi connectivity index (χ3v) is 3.44. The molecule has 3 nitrogen and oxygen atoms in total. The normalized spacial score (nSPS) is 11.8. The SMILES string of the molecule is CCn1c(=O)c(-c2ccccc2)c(C(C)(C)C)n1C. The maximum absolute atomic E-state index is 12.6. The second-order valence-electron chi connectivity index (χ2n) is 5.88. The van der Waals surface area contributed by atoms with E-state index in [4.69, 9.17) is 0 Å². The summed E-state index contributed by atoms with van der Waals surface area (Å²) < 4.78 is 3.80. The van der Waals surface area contributed by atoms with Gasteiger partial charge in [-0.3, -0.25) is 14.2 Å². The van der Waals surface area contributed by atoms with Gasteiger partial charge in [-0.05, 0) is 12.5 Å². The lowest BCUT2D eigenvalue weighted by atomic mass is 9.87. The highest BCUT2D eigenvalue weighted by Crippen LogP contribution is 2.30. The molecule has 0 amide bonds. The Morgan fingerprint density at radius 1 is 1.11 bits per heavy atom. The molecule has 0 bridgehead atoms. The molecule has 102 valence electrons. The van der Waals surface area contributed by atoms with Crippen molar-refractivity contribution in [2.24, 2.45) is 7.05 Å². The minimum atomic E-state index is -0.0699. The summed E-state index contributed by atoms with van der Waals surface area (Å²) in [5.41, 5.74) is 2.95. The quantitative estimate of drug-likeness (QED) is 0.812. The van der Waals surface area contributed by atoms with Crippen LogP contribution < -0.4 is 5.56 Å². The maximum atomic E-state index is 12.6. The summed E-state index contributed by atoms with van der Waals surface area (Å²) in [6.07, 6.45) is 0. The molecule has 3 heteroatoms. The van der Waals surface area contributed by atoms with Crippen LogP contribution in [-0.4, -0.2) is 9.36 Å².